The Morgan fingerprint density at radius 2 is 1.36 bits per heavy atom. The number of hydrogen-bond donors (Lipinski definition) is 3. The summed E-state index contributed by atoms with van der Waals surface area (Å²) in [5, 5.41) is 28.6. The first-order valence-electron chi connectivity index (χ1n) is 8.94. The van der Waals surface area contributed by atoms with Crippen molar-refractivity contribution in [3.05, 3.63) is 0 Å². The Morgan fingerprint density at radius 3 is 1.95 bits per heavy atom. The molecule has 0 radical (unpaired) electrons. The molecule has 0 saturated carbocycles. The lowest BCUT2D eigenvalue weighted by Gasteiger charge is -2.34. The van der Waals surface area contributed by atoms with E-state index in [9.17, 15) is 15.3 Å². The lowest BCUT2D eigenvalue weighted by atomic mass is 10.1. The molecule has 1 rings (SSSR count). The van der Waals surface area contributed by atoms with E-state index in [1.54, 1.807) is 0 Å². The van der Waals surface area contributed by atoms with E-state index in [1.807, 2.05) is 0 Å². The first-order valence-corrected chi connectivity index (χ1v) is 8.94. The van der Waals surface area contributed by atoms with Crippen LogP contribution < -0.4 is 0 Å². The largest absolute Gasteiger partial charge is 0.388 e. The van der Waals surface area contributed by atoms with Crippen LogP contribution in [0.5, 0.6) is 0 Å². The van der Waals surface area contributed by atoms with Crippen molar-refractivity contribution >= 4 is 0 Å². The smallest absolute Gasteiger partial charge is 0.186 e. The van der Waals surface area contributed by atoms with Gasteiger partial charge >= 0.3 is 0 Å². The molecular formula is C17H34O5. The fraction of sp³-hybridized carbons (Fsp3) is 1.00. The van der Waals surface area contributed by atoms with E-state index in [1.165, 1.54) is 51.4 Å². The summed E-state index contributed by atoms with van der Waals surface area (Å²) in [6, 6.07) is 0. The Balaban J connectivity index is 1.89. The van der Waals surface area contributed by atoms with Gasteiger partial charge in [0.1, 0.15) is 18.3 Å². The molecule has 22 heavy (non-hydrogen) atoms. The van der Waals surface area contributed by atoms with Gasteiger partial charge in [0, 0.05) is 6.61 Å². The van der Waals surface area contributed by atoms with E-state index in [2.05, 4.69) is 6.92 Å². The second-order valence-electron chi connectivity index (χ2n) is 6.30. The monoisotopic (exact) mass is 318 g/mol. The van der Waals surface area contributed by atoms with Crippen molar-refractivity contribution in [3.63, 3.8) is 0 Å². The van der Waals surface area contributed by atoms with Crippen LogP contribution in [-0.4, -0.2) is 53.1 Å². The molecule has 0 bridgehead atoms. The Hall–Kier alpha value is -0.200. The fourth-order valence-corrected chi connectivity index (χ4v) is 2.71. The molecule has 3 N–H and O–H groups in total. The standard InChI is InChI=1S/C17H34O5/c1-2-3-4-5-6-7-8-9-10-11-12-21-17-16(20)15(19)14(18)13-22-17/h14-20H,2-13H2,1H3. The molecule has 4 unspecified atom stereocenters. The van der Waals surface area contributed by atoms with Crippen LogP contribution in [0, 0.1) is 0 Å². The molecule has 0 amide bonds. The van der Waals surface area contributed by atoms with E-state index in [0.29, 0.717) is 6.61 Å². The van der Waals surface area contributed by atoms with Crippen LogP contribution in [0.2, 0.25) is 0 Å². The predicted molar refractivity (Wildman–Crippen MR) is 85.6 cm³/mol. The molecule has 0 spiro atoms. The topological polar surface area (TPSA) is 79.2 Å². The predicted octanol–water partition coefficient (Wildman–Crippen LogP) is 2.36. The summed E-state index contributed by atoms with van der Waals surface area (Å²) >= 11 is 0. The molecule has 1 aliphatic heterocycles. The van der Waals surface area contributed by atoms with Gasteiger partial charge in [-0.15, -0.1) is 0 Å². The van der Waals surface area contributed by atoms with Gasteiger partial charge in [-0.05, 0) is 6.42 Å². The van der Waals surface area contributed by atoms with Crippen molar-refractivity contribution < 1.29 is 24.8 Å². The van der Waals surface area contributed by atoms with Gasteiger partial charge in [0.2, 0.25) is 0 Å². The normalized spacial score (nSPS) is 28.9. The van der Waals surface area contributed by atoms with Crippen LogP contribution in [0.15, 0.2) is 0 Å². The SMILES string of the molecule is CCCCCCCCCCCCOC1OCC(O)C(O)C1O. The summed E-state index contributed by atoms with van der Waals surface area (Å²) in [6.07, 6.45) is 8.38. The number of rotatable bonds is 12. The highest BCUT2D eigenvalue weighted by Crippen LogP contribution is 2.17. The van der Waals surface area contributed by atoms with Crippen LogP contribution in [0.4, 0.5) is 0 Å². The number of aliphatic hydroxyl groups excluding tert-OH is 3. The van der Waals surface area contributed by atoms with E-state index in [-0.39, 0.29) is 6.61 Å². The van der Waals surface area contributed by atoms with Crippen molar-refractivity contribution in [1.82, 2.24) is 0 Å². The quantitative estimate of drug-likeness (QED) is 0.481. The zero-order valence-electron chi connectivity index (χ0n) is 14.0. The van der Waals surface area contributed by atoms with Gasteiger partial charge in [-0.1, -0.05) is 64.7 Å². The third-order valence-corrected chi connectivity index (χ3v) is 4.23. The zero-order valence-corrected chi connectivity index (χ0v) is 14.0. The summed E-state index contributed by atoms with van der Waals surface area (Å²) in [6.45, 7) is 2.75. The highest BCUT2D eigenvalue weighted by Gasteiger charge is 2.37. The van der Waals surface area contributed by atoms with E-state index in [0.717, 1.165) is 12.8 Å². The molecule has 0 aromatic carbocycles. The molecule has 0 aromatic rings. The van der Waals surface area contributed by atoms with Gasteiger partial charge in [0.25, 0.3) is 0 Å². The maximum Gasteiger partial charge on any atom is 0.186 e. The van der Waals surface area contributed by atoms with Gasteiger partial charge < -0.3 is 24.8 Å². The van der Waals surface area contributed by atoms with Crippen LogP contribution in [0.25, 0.3) is 0 Å². The molecule has 1 saturated heterocycles. The zero-order chi connectivity index (χ0) is 16.2. The summed E-state index contributed by atoms with van der Waals surface area (Å²) < 4.78 is 10.6. The molecule has 0 aliphatic carbocycles. The molecule has 5 nitrogen and oxygen atoms in total. The van der Waals surface area contributed by atoms with Crippen molar-refractivity contribution in [2.45, 2.75) is 95.7 Å². The van der Waals surface area contributed by atoms with Crippen LogP contribution >= 0.6 is 0 Å². The maximum atomic E-state index is 9.71. The highest BCUT2D eigenvalue weighted by atomic mass is 16.7. The average Bonchev–Trinajstić information content (AvgIpc) is 2.52. The number of aliphatic hydroxyl groups is 3. The Labute approximate surface area is 134 Å². The summed E-state index contributed by atoms with van der Waals surface area (Å²) in [7, 11) is 0. The average molecular weight is 318 g/mol. The van der Waals surface area contributed by atoms with Gasteiger partial charge in [0.05, 0.1) is 6.61 Å². The summed E-state index contributed by atoms with van der Waals surface area (Å²) in [5.41, 5.74) is 0. The lowest BCUT2D eigenvalue weighted by Crippen LogP contribution is -2.53. The fourth-order valence-electron chi connectivity index (χ4n) is 2.71. The third kappa shape index (κ3) is 7.88. The third-order valence-electron chi connectivity index (χ3n) is 4.23. The Kier molecular flexibility index (Phi) is 11.1. The summed E-state index contributed by atoms with van der Waals surface area (Å²) in [5.74, 6) is 0. The lowest BCUT2D eigenvalue weighted by molar-refractivity contribution is -0.270. The van der Waals surface area contributed by atoms with Crippen LogP contribution in [-0.2, 0) is 9.47 Å². The van der Waals surface area contributed by atoms with Gasteiger partial charge in [-0.2, -0.15) is 0 Å². The minimum Gasteiger partial charge on any atom is -0.388 e. The second-order valence-corrected chi connectivity index (χ2v) is 6.30. The highest BCUT2D eigenvalue weighted by molar-refractivity contribution is 4.82. The minimum atomic E-state index is -1.19. The molecule has 132 valence electrons. The van der Waals surface area contributed by atoms with E-state index >= 15 is 0 Å². The van der Waals surface area contributed by atoms with Gasteiger partial charge in [-0.25, -0.2) is 0 Å². The Morgan fingerprint density at radius 1 is 0.818 bits per heavy atom. The first kappa shape index (κ1) is 19.8. The number of ether oxygens (including phenoxy) is 2. The first-order chi connectivity index (χ1) is 10.7. The van der Waals surface area contributed by atoms with Gasteiger partial charge in [0.15, 0.2) is 6.29 Å². The molecule has 4 atom stereocenters. The van der Waals surface area contributed by atoms with Crippen LogP contribution in [0.3, 0.4) is 0 Å². The molecule has 1 heterocycles. The molecule has 5 heteroatoms. The maximum absolute atomic E-state index is 9.71. The molecular weight excluding hydrogens is 284 g/mol. The van der Waals surface area contributed by atoms with Crippen molar-refractivity contribution in [1.29, 1.82) is 0 Å². The Bertz CT molecular complexity index is 261. The van der Waals surface area contributed by atoms with Crippen LogP contribution in [0.1, 0.15) is 71.1 Å². The van der Waals surface area contributed by atoms with E-state index in [4.69, 9.17) is 9.47 Å². The van der Waals surface area contributed by atoms with E-state index < -0.39 is 24.6 Å². The van der Waals surface area contributed by atoms with Crippen molar-refractivity contribution in [3.8, 4) is 0 Å². The summed E-state index contributed by atoms with van der Waals surface area (Å²) in [4.78, 5) is 0. The minimum absolute atomic E-state index is 0.000917. The van der Waals surface area contributed by atoms with Crippen molar-refractivity contribution in [2.24, 2.45) is 0 Å². The molecule has 1 aliphatic rings. The van der Waals surface area contributed by atoms with Crippen molar-refractivity contribution in [2.75, 3.05) is 13.2 Å². The number of hydrogen-bond acceptors (Lipinski definition) is 5. The molecule has 0 aromatic heterocycles. The second kappa shape index (κ2) is 12.3. The molecule has 1 fully saturated rings. The number of unbranched alkanes of at least 4 members (excludes halogenated alkanes) is 9. The van der Waals surface area contributed by atoms with Gasteiger partial charge in [-0.3, -0.25) is 0 Å².